The third kappa shape index (κ3) is 3.45. The Morgan fingerprint density at radius 1 is 1.47 bits per heavy atom. The van der Waals surface area contributed by atoms with E-state index >= 15 is 0 Å². The summed E-state index contributed by atoms with van der Waals surface area (Å²) in [6.07, 6.45) is 1.90. The summed E-state index contributed by atoms with van der Waals surface area (Å²) in [5, 5.41) is 3.05. The lowest BCUT2D eigenvalue weighted by atomic mass is 10.0. The molecule has 1 aliphatic rings. The van der Waals surface area contributed by atoms with Crippen LogP contribution in [0.25, 0.3) is 0 Å². The maximum absolute atomic E-state index is 12.3. The van der Waals surface area contributed by atoms with Crippen LogP contribution in [-0.4, -0.2) is 24.7 Å². The molecule has 5 nitrogen and oxygen atoms in total. The number of rotatable bonds is 3. The number of anilines is 1. The number of carbonyl (C=O) groups is 1. The number of carbonyl (C=O) groups excluding carboxylic acids is 1. The van der Waals surface area contributed by atoms with Crippen molar-refractivity contribution >= 4 is 11.6 Å². The van der Waals surface area contributed by atoms with Gasteiger partial charge in [0.15, 0.2) is 0 Å². The molecule has 0 saturated carbocycles. The number of hydrazine groups is 1. The monoisotopic (exact) mass is 263 g/mol. The molecule has 1 heterocycles. The number of benzene rings is 1. The van der Waals surface area contributed by atoms with Crippen LogP contribution in [0.5, 0.6) is 0 Å². The summed E-state index contributed by atoms with van der Waals surface area (Å²) in [7, 11) is 0. The average Bonchev–Trinajstić information content (AvgIpc) is 2.38. The van der Waals surface area contributed by atoms with Crippen molar-refractivity contribution in [3.05, 3.63) is 29.3 Å². The van der Waals surface area contributed by atoms with Crippen LogP contribution in [0.4, 0.5) is 5.69 Å². The summed E-state index contributed by atoms with van der Waals surface area (Å²) in [5.41, 5.74) is 4.86. The number of nitrogens with one attached hydrogen (secondary N) is 2. The molecule has 1 fully saturated rings. The van der Waals surface area contributed by atoms with Crippen molar-refractivity contribution in [2.75, 3.05) is 12.0 Å². The van der Waals surface area contributed by atoms with Gasteiger partial charge in [-0.2, -0.15) is 0 Å². The number of ether oxygens (including phenoxy) is 1. The minimum absolute atomic E-state index is 0.0907. The molecule has 0 bridgehead atoms. The number of nitrogens with two attached hydrogens (primary N) is 1. The fraction of sp³-hybridized carbons (Fsp3) is 0.500. The van der Waals surface area contributed by atoms with Crippen molar-refractivity contribution < 1.29 is 9.53 Å². The van der Waals surface area contributed by atoms with Gasteiger partial charge in [0, 0.05) is 12.6 Å². The molecule has 1 saturated heterocycles. The zero-order chi connectivity index (χ0) is 13.8. The molecule has 0 aromatic heterocycles. The second-order valence-electron chi connectivity index (χ2n) is 5.07. The number of hydrogen-bond acceptors (Lipinski definition) is 4. The van der Waals surface area contributed by atoms with Crippen molar-refractivity contribution in [3.63, 3.8) is 0 Å². The van der Waals surface area contributed by atoms with Gasteiger partial charge in [0.05, 0.1) is 17.4 Å². The normalized spacial score (nSPS) is 22.9. The van der Waals surface area contributed by atoms with Gasteiger partial charge in [-0.25, -0.2) is 0 Å². The highest BCUT2D eigenvalue weighted by atomic mass is 16.5. The lowest BCUT2D eigenvalue weighted by molar-refractivity contribution is 0.0137. The molecule has 19 heavy (non-hydrogen) atoms. The van der Waals surface area contributed by atoms with Crippen LogP contribution in [0.15, 0.2) is 18.2 Å². The van der Waals surface area contributed by atoms with E-state index in [1.807, 2.05) is 26.0 Å². The van der Waals surface area contributed by atoms with E-state index in [1.165, 1.54) is 0 Å². The molecular weight excluding hydrogens is 242 g/mol. The van der Waals surface area contributed by atoms with E-state index in [4.69, 9.17) is 10.6 Å². The van der Waals surface area contributed by atoms with Gasteiger partial charge < -0.3 is 15.5 Å². The Morgan fingerprint density at radius 3 is 2.95 bits per heavy atom. The van der Waals surface area contributed by atoms with Crippen LogP contribution in [0.3, 0.4) is 0 Å². The van der Waals surface area contributed by atoms with Gasteiger partial charge >= 0.3 is 0 Å². The zero-order valence-electron chi connectivity index (χ0n) is 11.4. The summed E-state index contributed by atoms with van der Waals surface area (Å²) in [5.74, 6) is 5.37. The van der Waals surface area contributed by atoms with Crippen molar-refractivity contribution in [1.29, 1.82) is 0 Å². The fourth-order valence-corrected chi connectivity index (χ4v) is 2.37. The first-order valence-corrected chi connectivity index (χ1v) is 6.60. The van der Waals surface area contributed by atoms with Gasteiger partial charge in [-0.15, -0.1) is 0 Å². The lowest BCUT2D eigenvalue weighted by Gasteiger charge is -2.28. The lowest BCUT2D eigenvalue weighted by Crippen LogP contribution is -2.41. The summed E-state index contributed by atoms with van der Waals surface area (Å²) >= 11 is 0. The number of aryl methyl sites for hydroxylation is 1. The Labute approximate surface area is 113 Å². The molecule has 2 atom stereocenters. The molecular formula is C14H21N3O2. The highest BCUT2D eigenvalue weighted by molar-refractivity contribution is 5.99. The standard InChI is InChI=1S/C14H21N3O2/c1-9-3-4-12(13(7-9)17-15)14(18)16-11-5-6-19-10(2)8-11/h3-4,7,10-11,17H,5-6,8,15H2,1-2H3,(H,16,18). The van der Waals surface area contributed by atoms with Crippen LogP contribution in [0.2, 0.25) is 0 Å². The molecule has 0 spiro atoms. The Kier molecular flexibility index (Phi) is 4.39. The molecule has 104 valence electrons. The summed E-state index contributed by atoms with van der Waals surface area (Å²) in [6, 6.07) is 5.73. The summed E-state index contributed by atoms with van der Waals surface area (Å²) in [4.78, 5) is 12.3. The van der Waals surface area contributed by atoms with Crippen LogP contribution in [-0.2, 0) is 4.74 Å². The van der Waals surface area contributed by atoms with Gasteiger partial charge in [-0.3, -0.25) is 10.6 Å². The van der Waals surface area contributed by atoms with Crippen LogP contribution in [0, 0.1) is 6.92 Å². The SMILES string of the molecule is Cc1ccc(C(=O)NC2CCOC(C)C2)c(NN)c1. The minimum Gasteiger partial charge on any atom is -0.378 e. The Bertz CT molecular complexity index is 462. The minimum atomic E-state index is -0.0907. The Morgan fingerprint density at radius 2 is 2.26 bits per heavy atom. The molecule has 1 amide bonds. The maximum atomic E-state index is 12.3. The third-order valence-corrected chi connectivity index (χ3v) is 3.40. The van der Waals surface area contributed by atoms with Crippen LogP contribution in [0.1, 0.15) is 35.7 Å². The fourth-order valence-electron chi connectivity index (χ4n) is 2.37. The molecule has 2 rings (SSSR count). The van der Waals surface area contributed by atoms with Crippen molar-refractivity contribution in [2.45, 2.75) is 38.8 Å². The average molecular weight is 263 g/mol. The van der Waals surface area contributed by atoms with Crippen molar-refractivity contribution in [3.8, 4) is 0 Å². The van der Waals surface area contributed by atoms with Gasteiger partial charge in [0.1, 0.15) is 0 Å². The predicted octanol–water partition coefficient (Wildman–Crippen LogP) is 1.58. The number of nitrogen functional groups attached to an aromatic ring is 1. The second kappa shape index (κ2) is 6.04. The quantitative estimate of drug-likeness (QED) is 0.571. The molecule has 5 heteroatoms. The van der Waals surface area contributed by atoms with Gasteiger partial charge in [0.2, 0.25) is 0 Å². The molecule has 1 aromatic rings. The largest absolute Gasteiger partial charge is 0.378 e. The van der Waals surface area contributed by atoms with E-state index in [1.54, 1.807) is 6.07 Å². The maximum Gasteiger partial charge on any atom is 0.253 e. The molecule has 0 aliphatic carbocycles. The van der Waals surface area contributed by atoms with Gasteiger partial charge in [-0.1, -0.05) is 6.07 Å². The first kappa shape index (κ1) is 13.8. The van der Waals surface area contributed by atoms with E-state index in [0.29, 0.717) is 17.9 Å². The summed E-state index contributed by atoms with van der Waals surface area (Å²) in [6.45, 7) is 4.68. The highest BCUT2D eigenvalue weighted by Crippen LogP contribution is 2.18. The first-order chi connectivity index (χ1) is 9.10. The summed E-state index contributed by atoms with van der Waals surface area (Å²) < 4.78 is 5.47. The second-order valence-corrected chi connectivity index (χ2v) is 5.07. The molecule has 1 aromatic carbocycles. The van der Waals surface area contributed by atoms with Gasteiger partial charge in [0.25, 0.3) is 5.91 Å². The van der Waals surface area contributed by atoms with Crippen molar-refractivity contribution in [2.24, 2.45) is 5.84 Å². The van der Waals surface area contributed by atoms with E-state index in [9.17, 15) is 4.79 Å². The molecule has 0 radical (unpaired) electrons. The Balaban J connectivity index is 2.07. The zero-order valence-corrected chi connectivity index (χ0v) is 11.4. The van der Waals surface area contributed by atoms with Crippen LogP contribution >= 0.6 is 0 Å². The Hall–Kier alpha value is -1.59. The van der Waals surface area contributed by atoms with E-state index in [0.717, 1.165) is 18.4 Å². The van der Waals surface area contributed by atoms with E-state index in [2.05, 4.69) is 10.7 Å². The first-order valence-electron chi connectivity index (χ1n) is 6.60. The highest BCUT2D eigenvalue weighted by Gasteiger charge is 2.22. The van der Waals surface area contributed by atoms with E-state index in [-0.39, 0.29) is 18.1 Å². The predicted molar refractivity (Wildman–Crippen MR) is 74.9 cm³/mol. The number of amides is 1. The van der Waals surface area contributed by atoms with Crippen LogP contribution < -0.4 is 16.6 Å². The smallest absolute Gasteiger partial charge is 0.253 e. The van der Waals surface area contributed by atoms with E-state index < -0.39 is 0 Å². The molecule has 4 N–H and O–H groups in total. The third-order valence-electron chi connectivity index (χ3n) is 3.40. The molecule has 1 aliphatic heterocycles. The topological polar surface area (TPSA) is 76.4 Å². The number of hydrogen-bond donors (Lipinski definition) is 3. The van der Waals surface area contributed by atoms with Gasteiger partial charge in [-0.05, 0) is 44.4 Å². The van der Waals surface area contributed by atoms with Crippen molar-refractivity contribution in [1.82, 2.24) is 5.32 Å². The molecule has 2 unspecified atom stereocenters.